The van der Waals surface area contributed by atoms with Gasteiger partial charge in [0.25, 0.3) is 0 Å². The zero-order valence-corrected chi connectivity index (χ0v) is 8.13. The summed E-state index contributed by atoms with van der Waals surface area (Å²) in [4.78, 5) is 2.61. The fraction of sp³-hybridized carbons (Fsp3) is 0.667. The highest BCUT2D eigenvalue weighted by atomic mass is 15.2. The highest BCUT2D eigenvalue weighted by molar-refractivity contribution is 5.33. The predicted octanol–water partition coefficient (Wildman–Crippen LogP) is 2.71. The van der Waals surface area contributed by atoms with Crippen molar-refractivity contribution in [3.63, 3.8) is 0 Å². The molecule has 0 radical (unpaired) electrons. The van der Waals surface area contributed by atoms with Gasteiger partial charge in [0.2, 0.25) is 0 Å². The van der Waals surface area contributed by atoms with E-state index in [0.717, 1.165) is 5.92 Å². The van der Waals surface area contributed by atoms with Crippen molar-refractivity contribution in [3.05, 3.63) is 23.4 Å². The number of rotatable bonds is 0. The van der Waals surface area contributed by atoms with Crippen LogP contribution in [0, 0.1) is 5.92 Å². The van der Waals surface area contributed by atoms with Crippen LogP contribution in [-0.4, -0.2) is 18.0 Å². The van der Waals surface area contributed by atoms with E-state index in [4.69, 9.17) is 0 Å². The lowest BCUT2D eigenvalue weighted by Gasteiger charge is -2.34. The first kappa shape index (κ1) is 7.66. The summed E-state index contributed by atoms with van der Waals surface area (Å²) in [6.45, 7) is 2.65. The van der Waals surface area contributed by atoms with E-state index in [-0.39, 0.29) is 0 Å². The second-order valence-corrected chi connectivity index (χ2v) is 4.46. The SMILES string of the molecule is C1=CC2=C3CCCN3CCC2CC1. The average Bonchev–Trinajstić information content (AvgIpc) is 2.65. The zero-order chi connectivity index (χ0) is 8.67. The molecule has 3 rings (SSSR count). The predicted molar refractivity (Wildman–Crippen MR) is 54.3 cm³/mol. The van der Waals surface area contributed by atoms with Crippen molar-refractivity contribution in [3.8, 4) is 0 Å². The molecule has 0 saturated carbocycles. The third-order valence-corrected chi connectivity index (χ3v) is 3.72. The third-order valence-electron chi connectivity index (χ3n) is 3.72. The van der Waals surface area contributed by atoms with Crippen LogP contribution >= 0.6 is 0 Å². The van der Waals surface area contributed by atoms with Crippen LogP contribution in [0.25, 0.3) is 0 Å². The fourth-order valence-corrected chi connectivity index (χ4v) is 3.05. The van der Waals surface area contributed by atoms with Crippen molar-refractivity contribution in [1.82, 2.24) is 4.90 Å². The molecule has 2 heterocycles. The molecule has 13 heavy (non-hydrogen) atoms. The molecule has 0 aromatic heterocycles. The Morgan fingerprint density at radius 2 is 2.23 bits per heavy atom. The van der Waals surface area contributed by atoms with Crippen molar-refractivity contribution < 1.29 is 0 Å². The van der Waals surface area contributed by atoms with E-state index in [2.05, 4.69) is 17.1 Å². The molecule has 1 fully saturated rings. The molecule has 1 aliphatic carbocycles. The van der Waals surface area contributed by atoms with Crippen LogP contribution in [0.3, 0.4) is 0 Å². The summed E-state index contributed by atoms with van der Waals surface area (Å²) in [5.41, 5.74) is 3.38. The van der Waals surface area contributed by atoms with Crippen LogP contribution in [0.1, 0.15) is 32.1 Å². The molecule has 1 saturated heterocycles. The Kier molecular flexibility index (Phi) is 1.71. The van der Waals surface area contributed by atoms with E-state index in [1.54, 1.807) is 11.3 Å². The maximum Gasteiger partial charge on any atom is 0.0180 e. The van der Waals surface area contributed by atoms with Gasteiger partial charge in [0.15, 0.2) is 0 Å². The number of hydrogen-bond acceptors (Lipinski definition) is 1. The van der Waals surface area contributed by atoms with Crippen LogP contribution in [-0.2, 0) is 0 Å². The van der Waals surface area contributed by atoms with Gasteiger partial charge in [-0.25, -0.2) is 0 Å². The molecule has 1 atom stereocenters. The van der Waals surface area contributed by atoms with Gasteiger partial charge >= 0.3 is 0 Å². The largest absolute Gasteiger partial charge is 0.375 e. The lowest BCUT2D eigenvalue weighted by Crippen LogP contribution is -2.29. The number of hydrogen-bond donors (Lipinski definition) is 0. The Labute approximate surface area is 80.1 Å². The van der Waals surface area contributed by atoms with Crippen molar-refractivity contribution in [2.45, 2.75) is 32.1 Å². The van der Waals surface area contributed by atoms with Crippen LogP contribution < -0.4 is 0 Å². The molecule has 0 aromatic rings. The first-order valence-electron chi connectivity index (χ1n) is 5.60. The highest BCUT2D eigenvalue weighted by Gasteiger charge is 2.29. The Balaban J connectivity index is 2.03. The Hall–Kier alpha value is -0.720. The molecule has 1 unspecified atom stereocenters. The Morgan fingerprint density at radius 1 is 1.23 bits per heavy atom. The van der Waals surface area contributed by atoms with Crippen molar-refractivity contribution in [2.75, 3.05) is 13.1 Å². The summed E-state index contributed by atoms with van der Waals surface area (Å²) in [6, 6.07) is 0. The molecule has 2 aliphatic heterocycles. The van der Waals surface area contributed by atoms with Crippen LogP contribution in [0.4, 0.5) is 0 Å². The minimum atomic E-state index is 0.911. The lowest BCUT2D eigenvalue weighted by molar-refractivity contribution is 0.313. The van der Waals surface area contributed by atoms with E-state index in [9.17, 15) is 0 Å². The quantitative estimate of drug-likeness (QED) is 0.547. The molecule has 3 aliphatic rings. The molecule has 0 aromatic carbocycles. The van der Waals surface area contributed by atoms with Gasteiger partial charge in [-0.3, -0.25) is 0 Å². The van der Waals surface area contributed by atoms with E-state index in [1.165, 1.54) is 45.2 Å². The smallest absolute Gasteiger partial charge is 0.0180 e. The number of nitrogens with zero attached hydrogens (tertiary/aromatic N) is 1. The van der Waals surface area contributed by atoms with E-state index >= 15 is 0 Å². The normalized spacial score (nSPS) is 32.0. The maximum atomic E-state index is 2.61. The summed E-state index contributed by atoms with van der Waals surface area (Å²) < 4.78 is 0. The van der Waals surface area contributed by atoms with Gasteiger partial charge in [0.05, 0.1) is 0 Å². The van der Waals surface area contributed by atoms with Crippen LogP contribution in [0.5, 0.6) is 0 Å². The third kappa shape index (κ3) is 1.13. The molecular formula is C12H17N. The van der Waals surface area contributed by atoms with E-state index in [1.807, 2.05) is 0 Å². The molecule has 0 spiro atoms. The second-order valence-electron chi connectivity index (χ2n) is 4.46. The molecule has 0 N–H and O–H groups in total. The zero-order valence-electron chi connectivity index (χ0n) is 8.13. The molecule has 1 heteroatoms. The standard InChI is InChI=1S/C12H17N/c1-2-5-11-10(4-1)7-9-13-8-3-6-12(11)13/h2,5,10H,1,3-4,6-9H2. The maximum absolute atomic E-state index is 2.61. The minimum absolute atomic E-state index is 0.911. The minimum Gasteiger partial charge on any atom is -0.375 e. The second kappa shape index (κ2) is 2.90. The van der Waals surface area contributed by atoms with Crippen molar-refractivity contribution in [2.24, 2.45) is 5.92 Å². The lowest BCUT2D eigenvalue weighted by atomic mass is 9.83. The first-order chi connectivity index (χ1) is 6.45. The molecular weight excluding hydrogens is 158 g/mol. The summed E-state index contributed by atoms with van der Waals surface area (Å²) in [7, 11) is 0. The Morgan fingerprint density at radius 3 is 3.23 bits per heavy atom. The molecule has 0 bridgehead atoms. The van der Waals surface area contributed by atoms with Gasteiger partial charge in [0, 0.05) is 18.8 Å². The van der Waals surface area contributed by atoms with E-state index < -0.39 is 0 Å². The fourth-order valence-electron chi connectivity index (χ4n) is 3.05. The van der Waals surface area contributed by atoms with Gasteiger partial charge < -0.3 is 4.90 Å². The van der Waals surface area contributed by atoms with Gasteiger partial charge in [-0.1, -0.05) is 12.2 Å². The Bertz CT molecular complexity index is 275. The average molecular weight is 175 g/mol. The molecule has 70 valence electrons. The van der Waals surface area contributed by atoms with Gasteiger partial charge in [-0.15, -0.1) is 0 Å². The van der Waals surface area contributed by atoms with E-state index in [0.29, 0.717) is 0 Å². The summed E-state index contributed by atoms with van der Waals surface area (Å²) in [6.07, 6.45) is 11.6. The van der Waals surface area contributed by atoms with Crippen molar-refractivity contribution in [1.29, 1.82) is 0 Å². The number of allylic oxidation sites excluding steroid dienone is 4. The molecule has 1 nitrogen and oxygen atoms in total. The van der Waals surface area contributed by atoms with Crippen LogP contribution in [0.2, 0.25) is 0 Å². The van der Waals surface area contributed by atoms with Gasteiger partial charge in [-0.05, 0) is 43.6 Å². The topological polar surface area (TPSA) is 3.24 Å². The van der Waals surface area contributed by atoms with Crippen molar-refractivity contribution >= 4 is 0 Å². The van der Waals surface area contributed by atoms with Crippen LogP contribution in [0.15, 0.2) is 23.4 Å². The summed E-state index contributed by atoms with van der Waals surface area (Å²) >= 11 is 0. The molecule has 0 amide bonds. The summed E-state index contributed by atoms with van der Waals surface area (Å²) in [5, 5.41) is 0. The number of fused-ring (bicyclic) bond motifs is 2. The van der Waals surface area contributed by atoms with Gasteiger partial charge in [0.1, 0.15) is 0 Å². The first-order valence-corrected chi connectivity index (χ1v) is 5.60. The highest BCUT2D eigenvalue weighted by Crippen LogP contribution is 2.38. The monoisotopic (exact) mass is 175 g/mol. The summed E-state index contributed by atoms with van der Waals surface area (Å²) in [5.74, 6) is 0.911. The van der Waals surface area contributed by atoms with Gasteiger partial charge in [-0.2, -0.15) is 0 Å².